The van der Waals surface area contributed by atoms with Crippen molar-refractivity contribution in [2.75, 3.05) is 0 Å². The molecule has 4 rings (SSSR count). The van der Waals surface area contributed by atoms with Gasteiger partial charge in [0.05, 0.1) is 11.7 Å². The van der Waals surface area contributed by atoms with Gasteiger partial charge in [-0.15, -0.1) is 0 Å². The molecule has 144 valence electrons. The summed E-state index contributed by atoms with van der Waals surface area (Å²) >= 11 is 0. The number of Topliss-reactive ketones (excluding diaryl/α,β-unsaturated/α-hetero) is 1. The number of rotatable bonds is 1. The minimum Gasteiger partial charge on any atom is -0.464 e. The lowest BCUT2D eigenvalue weighted by Gasteiger charge is -2.61. The van der Waals surface area contributed by atoms with Gasteiger partial charge in [0.15, 0.2) is 0 Å². The Kier molecular flexibility index (Phi) is 3.68. The summed E-state index contributed by atoms with van der Waals surface area (Å²) in [6.07, 6.45) is 2.16. The van der Waals surface area contributed by atoms with E-state index < -0.39 is 28.5 Å². The number of ketones is 1. The van der Waals surface area contributed by atoms with Gasteiger partial charge < -0.3 is 14.3 Å². The molecule has 2 aliphatic carbocycles. The normalized spacial score (nSPS) is 32.1. The van der Waals surface area contributed by atoms with Crippen LogP contribution in [0.3, 0.4) is 0 Å². The highest BCUT2D eigenvalue weighted by molar-refractivity contribution is 5.96. The number of esters is 1. The number of carbonyl (C=O) groups excluding carboxylic acids is 2. The van der Waals surface area contributed by atoms with Crippen molar-refractivity contribution < 1.29 is 23.8 Å². The minimum atomic E-state index is -1.50. The van der Waals surface area contributed by atoms with E-state index in [1.165, 1.54) is 6.92 Å². The molecule has 0 unspecified atom stereocenters. The van der Waals surface area contributed by atoms with Gasteiger partial charge in [-0.3, -0.25) is 9.59 Å². The molecule has 0 bridgehead atoms. The zero-order valence-electron chi connectivity index (χ0n) is 16.5. The number of aliphatic hydroxyl groups is 1. The van der Waals surface area contributed by atoms with Gasteiger partial charge in [-0.05, 0) is 54.5 Å². The Morgan fingerprint density at radius 2 is 2.04 bits per heavy atom. The molecule has 2 aliphatic rings. The van der Waals surface area contributed by atoms with E-state index in [0.717, 1.165) is 22.1 Å². The van der Waals surface area contributed by atoms with E-state index in [4.69, 9.17) is 9.15 Å². The lowest BCUT2D eigenvalue weighted by molar-refractivity contribution is -0.223. The minimum absolute atomic E-state index is 0.0206. The van der Waals surface area contributed by atoms with Crippen LogP contribution in [0.1, 0.15) is 57.2 Å². The zero-order chi connectivity index (χ0) is 19.8. The largest absolute Gasteiger partial charge is 0.464 e. The van der Waals surface area contributed by atoms with Crippen LogP contribution in [0.5, 0.6) is 0 Å². The number of benzene rings is 1. The second-order valence-electron chi connectivity index (χ2n) is 8.86. The molecule has 0 aliphatic heterocycles. The maximum atomic E-state index is 13.3. The molecular weight excluding hydrogens is 344 g/mol. The third-order valence-corrected chi connectivity index (χ3v) is 7.18. The fourth-order valence-corrected chi connectivity index (χ4v) is 5.56. The summed E-state index contributed by atoms with van der Waals surface area (Å²) < 4.78 is 11.3. The predicted octanol–water partition coefficient (Wildman–Crippen LogP) is 3.61. The third kappa shape index (κ3) is 2.09. The summed E-state index contributed by atoms with van der Waals surface area (Å²) in [4.78, 5) is 25.2. The van der Waals surface area contributed by atoms with E-state index >= 15 is 0 Å². The van der Waals surface area contributed by atoms with Gasteiger partial charge in [-0.1, -0.05) is 13.8 Å². The van der Waals surface area contributed by atoms with Gasteiger partial charge in [-0.25, -0.2) is 0 Å². The van der Waals surface area contributed by atoms with Crippen LogP contribution in [0, 0.1) is 12.3 Å². The smallest absolute Gasteiger partial charge is 0.303 e. The SMILES string of the molecule is CC(=O)O[C@H]1Cc2c(cc3occc3c2C)[C@@]2(C)C(=O)CCC(C)(C)[C@]12O. The molecule has 0 amide bonds. The van der Waals surface area contributed by atoms with Gasteiger partial charge in [0.2, 0.25) is 0 Å². The van der Waals surface area contributed by atoms with Crippen LogP contribution in [0.4, 0.5) is 0 Å². The van der Waals surface area contributed by atoms with Crippen LogP contribution in [0.15, 0.2) is 22.8 Å². The molecular formula is C22H26O5. The number of hydrogen-bond acceptors (Lipinski definition) is 5. The summed E-state index contributed by atoms with van der Waals surface area (Å²) in [6.45, 7) is 9.06. The number of hydrogen-bond donors (Lipinski definition) is 1. The molecule has 0 spiro atoms. The molecule has 1 heterocycles. The first-order valence-corrected chi connectivity index (χ1v) is 9.47. The zero-order valence-corrected chi connectivity index (χ0v) is 16.5. The molecule has 3 atom stereocenters. The molecule has 1 saturated carbocycles. The topological polar surface area (TPSA) is 76.7 Å². The maximum Gasteiger partial charge on any atom is 0.303 e. The Balaban J connectivity index is 2.08. The van der Waals surface area contributed by atoms with Crippen molar-refractivity contribution in [3.63, 3.8) is 0 Å². The van der Waals surface area contributed by atoms with Crippen LogP contribution in [0.25, 0.3) is 11.0 Å². The van der Waals surface area contributed by atoms with E-state index in [2.05, 4.69) is 0 Å². The molecule has 27 heavy (non-hydrogen) atoms. The van der Waals surface area contributed by atoms with Crippen molar-refractivity contribution in [3.8, 4) is 0 Å². The molecule has 5 heteroatoms. The van der Waals surface area contributed by atoms with Gasteiger partial charge >= 0.3 is 5.97 Å². The second-order valence-corrected chi connectivity index (χ2v) is 8.86. The maximum absolute atomic E-state index is 13.3. The molecule has 1 fully saturated rings. The van der Waals surface area contributed by atoms with Crippen LogP contribution in [0.2, 0.25) is 0 Å². The highest BCUT2D eigenvalue weighted by Gasteiger charge is 2.69. The lowest BCUT2D eigenvalue weighted by atomic mass is 9.45. The van der Waals surface area contributed by atoms with Crippen LogP contribution >= 0.6 is 0 Å². The molecule has 1 aromatic heterocycles. The summed E-state index contributed by atoms with van der Waals surface area (Å²) in [5, 5.41) is 13.1. The van der Waals surface area contributed by atoms with Crippen molar-refractivity contribution >= 4 is 22.7 Å². The van der Waals surface area contributed by atoms with E-state index in [0.29, 0.717) is 24.8 Å². The third-order valence-electron chi connectivity index (χ3n) is 7.18. The van der Waals surface area contributed by atoms with E-state index in [1.54, 1.807) is 13.2 Å². The van der Waals surface area contributed by atoms with Crippen molar-refractivity contribution in [2.24, 2.45) is 5.41 Å². The fraction of sp³-hybridized carbons (Fsp3) is 0.545. The van der Waals surface area contributed by atoms with Crippen LogP contribution in [-0.4, -0.2) is 28.6 Å². The molecule has 2 aromatic rings. The quantitative estimate of drug-likeness (QED) is 0.776. The van der Waals surface area contributed by atoms with Crippen molar-refractivity contribution in [1.29, 1.82) is 0 Å². The van der Waals surface area contributed by atoms with Crippen LogP contribution < -0.4 is 0 Å². The predicted molar refractivity (Wildman–Crippen MR) is 101 cm³/mol. The first-order chi connectivity index (χ1) is 12.5. The Morgan fingerprint density at radius 3 is 2.70 bits per heavy atom. The second kappa shape index (κ2) is 5.44. The molecule has 1 aromatic carbocycles. The van der Waals surface area contributed by atoms with Crippen LogP contribution in [-0.2, 0) is 26.2 Å². The monoisotopic (exact) mass is 370 g/mol. The molecule has 0 saturated heterocycles. The summed E-state index contributed by atoms with van der Waals surface area (Å²) in [7, 11) is 0. The van der Waals surface area contributed by atoms with E-state index in [1.807, 2.05) is 32.9 Å². The molecule has 1 N–H and O–H groups in total. The lowest BCUT2D eigenvalue weighted by Crippen LogP contribution is -2.73. The Labute approximate surface area is 158 Å². The number of carbonyl (C=O) groups is 2. The Morgan fingerprint density at radius 1 is 1.33 bits per heavy atom. The summed E-state index contributed by atoms with van der Waals surface area (Å²) in [5.74, 6) is -0.470. The van der Waals surface area contributed by atoms with Crippen molar-refractivity contribution in [1.82, 2.24) is 0 Å². The van der Waals surface area contributed by atoms with E-state index in [-0.39, 0.29) is 5.78 Å². The fourth-order valence-electron chi connectivity index (χ4n) is 5.56. The van der Waals surface area contributed by atoms with Gasteiger partial charge in [-0.2, -0.15) is 0 Å². The van der Waals surface area contributed by atoms with Gasteiger partial charge in [0.1, 0.15) is 23.1 Å². The Hall–Kier alpha value is -2.14. The van der Waals surface area contributed by atoms with Crippen molar-refractivity contribution in [2.45, 2.75) is 71.0 Å². The first kappa shape index (κ1) is 18.2. The highest BCUT2D eigenvalue weighted by Crippen LogP contribution is 2.59. The Bertz CT molecular complexity index is 968. The number of aryl methyl sites for hydroxylation is 1. The first-order valence-electron chi connectivity index (χ1n) is 9.47. The average molecular weight is 370 g/mol. The van der Waals surface area contributed by atoms with E-state index in [9.17, 15) is 14.7 Å². The van der Waals surface area contributed by atoms with Gasteiger partial charge in [0, 0.05) is 25.2 Å². The number of ether oxygens (including phenoxy) is 1. The molecule has 0 radical (unpaired) electrons. The average Bonchev–Trinajstić information content (AvgIpc) is 3.06. The van der Waals surface area contributed by atoms with Gasteiger partial charge in [0.25, 0.3) is 0 Å². The summed E-state index contributed by atoms with van der Waals surface area (Å²) in [6, 6.07) is 3.80. The summed E-state index contributed by atoms with van der Waals surface area (Å²) in [5.41, 5.74) is 0.207. The highest BCUT2D eigenvalue weighted by atomic mass is 16.6. The molecule has 5 nitrogen and oxygen atoms in total. The van der Waals surface area contributed by atoms with Crippen molar-refractivity contribution in [3.05, 3.63) is 35.1 Å². The standard InChI is InChI=1S/C22H26O5/c1-12-14-7-9-26-17(14)11-16-15(12)10-19(27-13(2)23)22(25)20(3,4)8-6-18(24)21(16,22)5/h7,9,11,19,25H,6,8,10H2,1-5H3/t19-,21-,22+/m0/s1. The number of furan rings is 1. The number of fused-ring (bicyclic) bond motifs is 4.